The summed E-state index contributed by atoms with van der Waals surface area (Å²) in [5.41, 5.74) is 0.331. The SMILES string of the molecule is CCCCCCOCC.O=C(O)c1ccccc1. The van der Waals surface area contributed by atoms with Crippen LogP contribution in [0.2, 0.25) is 0 Å². The Morgan fingerprint density at radius 1 is 1.11 bits per heavy atom. The first-order chi connectivity index (χ1) is 8.72. The molecule has 3 heteroatoms. The average Bonchev–Trinajstić information content (AvgIpc) is 2.40. The van der Waals surface area contributed by atoms with Crippen molar-refractivity contribution in [2.24, 2.45) is 0 Å². The van der Waals surface area contributed by atoms with Crippen LogP contribution in [0.1, 0.15) is 49.9 Å². The summed E-state index contributed by atoms with van der Waals surface area (Å²) in [4.78, 5) is 10.2. The molecule has 0 aromatic heterocycles. The summed E-state index contributed by atoms with van der Waals surface area (Å²) in [5.74, 6) is -0.879. The van der Waals surface area contributed by atoms with Crippen LogP contribution in [0.25, 0.3) is 0 Å². The Hall–Kier alpha value is -1.35. The van der Waals surface area contributed by atoms with Gasteiger partial charge in [0.15, 0.2) is 0 Å². The zero-order valence-electron chi connectivity index (χ0n) is 11.4. The van der Waals surface area contributed by atoms with Crippen LogP contribution in [-0.4, -0.2) is 24.3 Å². The van der Waals surface area contributed by atoms with Crippen molar-refractivity contribution in [3.63, 3.8) is 0 Å². The molecule has 0 aliphatic heterocycles. The zero-order chi connectivity index (χ0) is 13.6. The molecule has 3 nitrogen and oxygen atoms in total. The van der Waals surface area contributed by atoms with Crippen molar-refractivity contribution in [2.75, 3.05) is 13.2 Å². The fraction of sp³-hybridized carbons (Fsp3) is 0.533. The molecule has 0 bridgehead atoms. The van der Waals surface area contributed by atoms with Crippen LogP contribution in [0.5, 0.6) is 0 Å². The van der Waals surface area contributed by atoms with Gasteiger partial charge in [-0.15, -0.1) is 0 Å². The largest absolute Gasteiger partial charge is 0.478 e. The highest BCUT2D eigenvalue weighted by atomic mass is 16.5. The van der Waals surface area contributed by atoms with Crippen molar-refractivity contribution in [1.82, 2.24) is 0 Å². The number of carboxylic acids is 1. The van der Waals surface area contributed by atoms with Gasteiger partial charge in [0.2, 0.25) is 0 Å². The number of aromatic carboxylic acids is 1. The fourth-order valence-corrected chi connectivity index (χ4v) is 1.36. The first-order valence-corrected chi connectivity index (χ1v) is 6.58. The van der Waals surface area contributed by atoms with Gasteiger partial charge in [-0.1, -0.05) is 44.4 Å². The third-order valence-electron chi connectivity index (χ3n) is 2.37. The second kappa shape index (κ2) is 12.1. The van der Waals surface area contributed by atoms with Gasteiger partial charge in [-0.3, -0.25) is 0 Å². The van der Waals surface area contributed by atoms with Crippen LogP contribution < -0.4 is 0 Å². The van der Waals surface area contributed by atoms with Gasteiger partial charge >= 0.3 is 5.97 Å². The maximum atomic E-state index is 10.2. The minimum Gasteiger partial charge on any atom is -0.478 e. The van der Waals surface area contributed by atoms with Crippen LogP contribution in [-0.2, 0) is 4.74 Å². The molecule has 0 saturated heterocycles. The normalized spacial score (nSPS) is 9.44. The molecule has 102 valence electrons. The molecule has 1 rings (SSSR count). The van der Waals surface area contributed by atoms with Crippen molar-refractivity contribution in [2.45, 2.75) is 39.5 Å². The van der Waals surface area contributed by atoms with E-state index in [1.54, 1.807) is 30.3 Å². The van der Waals surface area contributed by atoms with E-state index < -0.39 is 5.97 Å². The molecule has 1 aromatic carbocycles. The molecule has 0 spiro atoms. The third kappa shape index (κ3) is 9.85. The summed E-state index contributed by atoms with van der Waals surface area (Å²) in [6.07, 6.45) is 5.23. The molecule has 0 amide bonds. The van der Waals surface area contributed by atoms with Gasteiger partial charge in [0.05, 0.1) is 5.56 Å². The number of rotatable bonds is 7. The number of carbonyl (C=O) groups is 1. The number of unbranched alkanes of at least 4 members (excludes halogenated alkanes) is 3. The molecule has 1 aromatic rings. The van der Waals surface area contributed by atoms with Gasteiger partial charge in [0.1, 0.15) is 0 Å². The minimum absolute atomic E-state index is 0.331. The first-order valence-electron chi connectivity index (χ1n) is 6.58. The van der Waals surface area contributed by atoms with E-state index in [0.717, 1.165) is 13.2 Å². The van der Waals surface area contributed by atoms with Gasteiger partial charge < -0.3 is 9.84 Å². The predicted octanol–water partition coefficient (Wildman–Crippen LogP) is 3.99. The highest BCUT2D eigenvalue weighted by Gasteiger charge is 1.96. The summed E-state index contributed by atoms with van der Waals surface area (Å²) >= 11 is 0. The molecule has 0 atom stereocenters. The standard InChI is InChI=1S/C8H18O.C7H6O2/c1-3-5-6-7-8-9-4-2;8-7(9)6-4-2-1-3-5-6/h3-8H2,1-2H3;1-5H,(H,8,9). The lowest BCUT2D eigenvalue weighted by atomic mass is 10.2. The Bertz CT molecular complexity index is 290. The fourth-order valence-electron chi connectivity index (χ4n) is 1.36. The van der Waals surface area contributed by atoms with Crippen molar-refractivity contribution in [3.05, 3.63) is 35.9 Å². The van der Waals surface area contributed by atoms with Crippen LogP contribution >= 0.6 is 0 Å². The molecule has 0 fully saturated rings. The Morgan fingerprint density at radius 2 is 1.78 bits per heavy atom. The molecule has 1 N–H and O–H groups in total. The highest BCUT2D eigenvalue weighted by Crippen LogP contribution is 1.98. The smallest absolute Gasteiger partial charge is 0.335 e. The van der Waals surface area contributed by atoms with E-state index in [2.05, 4.69) is 6.92 Å². The van der Waals surface area contributed by atoms with Crippen molar-refractivity contribution >= 4 is 5.97 Å². The average molecular weight is 252 g/mol. The topological polar surface area (TPSA) is 46.5 Å². The van der Waals surface area contributed by atoms with E-state index in [0.29, 0.717) is 5.56 Å². The van der Waals surface area contributed by atoms with E-state index >= 15 is 0 Å². The number of hydrogen-bond acceptors (Lipinski definition) is 2. The number of carboxylic acid groups (broad SMARTS) is 1. The molecule has 0 radical (unpaired) electrons. The van der Waals surface area contributed by atoms with E-state index in [1.807, 2.05) is 6.92 Å². The minimum atomic E-state index is -0.879. The molecule has 18 heavy (non-hydrogen) atoms. The second-order valence-electron chi connectivity index (χ2n) is 3.93. The van der Waals surface area contributed by atoms with Gasteiger partial charge in [-0.05, 0) is 25.5 Å². The van der Waals surface area contributed by atoms with Gasteiger partial charge in [0.25, 0.3) is 0 Å². The molecular formula is C15H24O3. The van der Waals surface area contributed by atoms with Gasteiger partial charge in [-0.25, -0.2) is 4.79 Å². The van der Waals surface area contributed by atoms with E-state index in [1.165, 1.54) is 25.7 Å². The van der Waals surface area contributed by atoms with Crippen LogP contribution in [0, 0.1) is 0 Å². The number of ether oxygens (including phenoxy) is 1. The Balaban J connectivity index is 0.000000321. The monoisotopic (exact) mass is 252 g/mol. The van der Waals surface area contributed by atoms with Gasteiger partial charge in [-0.2, -0.15) is 0 Å². The van der Waals surface area contributed by atoms with Gasteiger partial charge in [0, 0.05) is 13.2 Å². The zero-order valence-corrected chi connectivity index (χ0v) is 11.4. The number of hydrogen-bond donors (Lipinski definition) is 1. The lowest BCUT2D eigenvalue weighted by Gasteiger charge is -1.98. The maximum Gasteiger partial charge on any atom is 0.335 e. The summed E-state index contributed by atoms with van der Waals surface area (Å²) in [7, 11) is 0. The molecule has 0 saturated carbocycles. The molecule has 0 heterocycles. The van der Waals surface area contributed by atoms with E-state index in [4.69, 9.17) is 9.84 Å². The van der Waals surface area contributed by atoms with E-state index in [-0.39, 0.29) is 0 Å². The summed E-state index contributed by atoms with van der Waals surface area (Å²) in [6, 6.07) is 8.30. The quantitative estimate of drug-likeness (QED) is 0.746. The molecule has 0 aliphatic carbocycles. The first kappa shape index (κ1) is 16.6. The van der Waals surface area contributed by atoms with Crippen LogP contribution in [0.3, 0.4) is 0 Å². The van der Waals surface area contributed by atoms with Crippen LogP contribution in [0.15, 0.2) is 30.3 Å². The Labute approximate surface area is 110 Å². The number of benzene rings is 1. The summed E-state index contributed by atoms with van der Waals surface area (Å²) < 4.78 is 5.18. The maximum absolute atomic E-state index is 10.2. The molecule has 0 aliphatic rings. The van der Waals surface area contributed by atoms with Crippen molar-refractivity contribution in [1.29, 1.82) is 0 Å². The van der Waals surface area contributed by atoms with Crippen molar-refractivity contribution in [3.8, 4) is 0 Å². The van der Waals surface area contributed by atoms with Crippen LogP contribution in [0.4, 0.5) is 0 Å². The lowest BCUT2D eigenvalue weighted by Crippen LogP contribution is -1.93. The Kier molecular flexibility index (Phi) is 11.2. The highest BCUT2D eigenvalue weighted by molar-refractivity contribution is 5.87. The second-order valence-corrected chi connectivity index (χ2v) is 3.93. The summed E-state index contributed by atoms with van der Waals surface area (Å²) in [6.45, 7) is 6.09. The molecule has 0 unspecified atom stereocenters. The van der Waals surface area contributed by atoms with Crippen molar-refractivity contribution < 1.29 is 14.6 Å². The Morgan fingerprint density at radius 3 is 2.22 bits per heavy atom. The summed E-state index contributed by atoms with van der Waals surface area (Å²) in [5, 5.41) is 8.38. The van der Waals surface area contributed by atoms with E-state index in [9.17, 15) is 4.79 Å². The predicted molar refractivity (Wildman–Crippen MR) is 74.0 cm³/mol. The third-order valence-corrected chi connectivity index (χ3v) is 2.37. The molecular weight excluding hydrogens is 228 g/mol. The lowest BCUT2D eigenvalue weighted by molar-refractivity contribution is 0.0697.